The summed E-state index contributed by atoms with van der Waals surface area (Å²) in [5.41, 5.74) is -0.0142. The number of rotatable bonds is 4. The van der Waals surface area contributed by atoms with Crippen molar-refractivity contribution < 1.29 is 13.2 Å². The number of hydrogen-bond donors (Lipinski definition) is 2. The Morgan fingerprint density at radius 1 is 1.50 bits per heavy atom. The van der Waals surface area contributed by atoms with Crippen LogP contribution in [0.3, 0.4) is 0 Å². The van der Waals surface area contributed by atoms with E-state index in [0.29, 0.717) is 25.3 Å². The van der Waals surface area contributed by atoms with Crippen molar-refractivity contribution >= 4 is 15.7 Å². The summed E-state index contributed by atoms with van der Waals surface area (Å²) in [5.74, 6) is 0. The Morgan fingerprint density at radius 3 is 2.89 bits per heavy atom. The molecule has 1 aliphatic rings. The average Bonchev–Trinajstić information content (AvgIpc) is 2.74. The minimum absolute atomic E-state index is 0.153. The van der Waals surface area contributed by atoms with Crippen LogP contribution in [0, 0.1) is 0 Å². The molecule has 7 heteroatoms. The van der Waals surface area contributed by atoms with Gasteiger partial charge >= 0.3 is 0 Å². The number of nitrogens with zero attached hydrogens (tertiary/aromatic N) is 1. The molecule has 1 aromatic rings. The summed E-state index contributed by atoms with van der Waals surface area (Å²) in [6.07, 6.45) is 3.56. The van der Waals surface area contributed by atoms with Crippen LogP contribution in [0.25, 0.3) is 0 Å². The maximum atomic E-state index is 12.3. The number of nitrogens with one attached hydrogen (secondary N) is 2. The first-order chi connectivity index (χ1) is 8.47. The van der Waals surface area contributed by atoms with E-state index in [1.54, 1.807) is 19.3 Å². The normalized spacial score (nSPS) is 24.1. The van der Waals surface area contributed by atoms with E-state index in [4.69, 9.17) is 4.74 Å². The minimum Gasteiger partial charge on any atom is -0.387 e. The van der Waals surface area contributed by atoms with Gasteiger partial charge in [0, 0.05) is 26.0 Å². The Morgan fingerprint density at radius 2 is 2.28 bits per heavy atom. The standard InChI is InChI=1S/C11H17N3O3S/c1-11(4-6-17-8-11)14-18(15,16)10-7-13-5-3-9(10)12-2/h3,5,7,14H,4,6,8H2,1-2H3,(H,12,13). The molecule has 1 saturated heterocycles. The molecule has 18 heavy (non-hydrogen) atoms. The molecule has 0 aromatic carbocycles. The van der Waals surface area contributed by atoms with Crippen molar-refractivity contribution in [3.63, 3.8) is 0 Å². The fourth-order valence-corrected chi connectivity index (χ4v) is 3.51. The predicted molar refractivity (Wildman–Crippen MR) is 67.9 cm³/mol. The zero-order chi connectivity index (χ0) is 13.2. The molecule has 1 aromatic heterocycles. The van der Waals surface area contributed by atoms with Crippen molar-refractivity contribution in [3.8, 4) is 0 Å². The number of pyridine rings is 1. The summed E-state index contributed by atoms with van der Waals surface area (Å²) in [5, 5.41) is 2.85. The van der Waals surface area contributed by atoms with E-state index in [2.05, 4.69) is 15.0 Å². The smallest absolute Gasteiger partial charge is 0.244 e. The lowest BCUT2D eigenvalue weighted by Crippen LogP contribution is -2.46. The van der Waals surface area contributed by atoms with Crippen LogP contribution < -0.4 is 10.0 Å². The van der Waals surface area contributed by atoms with Gasteiger partial charge in [-0.25, -0.2) is 13.1 Å². The van der Waals surface area contributed by atoms with Gasteiger partial charge in [-0.1, -0.05) is 0 Å². The second-order valence-electron chi connectivity index (χ2n) is 4.59. The van der Waals surface area contributed by atoms with E-state index in [9.17, 15) is 8.42 Å². The maximum absolute atomic E-state index is 12.3. The van der Waals surface area contributed by atoms with Gasteiger partial charge in [-0.3, -0.25) is 4.98 Å². The van der Waals surface area contributed by atoms with Crippen LogP contribution in [-0.4, -0.2) is 39.2 Å². The molecule has 0 aliphatic carbocycles. The van der Waals surface area contributed by atoms with Gasteiger partial charge < -0.3 is 10.1 Å². The highest BCUT2D eigenvalue weighted by atomic mass is 32.2. The van der Waals surface area contributed by atoms with E-state index >= 15 is 0 Å². The van der Waals surface area contributed by atoms with Gasteiger partial charge in [0.15, 0.2) is 0 Å². The number of ether oxygens (including phenoxy) is 1. The van der Waals surface area contributed by atoms with Crippen LogP contribution in [0.1, 0.15) is 13.3 Å². The molecule has 1 aliphatic heterocycles. The van der Waals surface area contributed by atoms with Crippen LogP contribution in [0.5, 0.6) is 0 Å². The number of sulfonamides is 1. The molecule has 0 spiro atoms. The molecule has 100 valence electrons. The minimum atomic E-state index is -3.60. The summed E-state index contributed by atoms with van der Waals surface area (Å²) in [6, 6.07) is 1.63. The Bertz CT molecular complexity index is 524. The van der Waals surface area contributed by atoms with Gasteiger partial charge in [0.2, 0.25) is 10.0 Å². The lowest BCUT2D eigenvalue weighted by atomic mass is 10.0. The first kappa shape index (κ1) is 13.3. The largest absolute Gasteiger partial charge is 0.387 e. The Hall–Kier alpha value is -1.18. The molecule has 0 saturated carbocycles. The highest BCUT2D eigenvalue weighted by Crippen LogP contribution is 2.24. The van der Waals surface area contributed by atoms with Crippen LogP contribution in [0.2, 0.25) is 0 Å². The fraction of sp³-hybridized carbons (Fsp3) is 0.545. The predicted octanol–water partition coefficient (Wildman–Crippen LogP) is 0.581. The molecule has 0 amide bonds. The van der Waals surface area contributed by atoms with E-state index in [1.807, 2.05) is 6.92 Å². The molecular weight excluding hydrogens is 254 g/mol. The average molecular weight is 271 g/mol. The SMILES string of the molecule is CNc1ccncc1S(=O)(=O)NC1(C)CCOC1. The number of aromatic nitrogens is 1. The number of anilines is 1. The Kier molecular flexibility index (Phi) is 3.56. The molecule has 1 fully saturated rings. The molecule has 1 atom stereocenters. The van der Waals surface area contributed by atoms with E-state index in [0.717, 1.165) is 0 Å². The van der Waals surface area contributed by atoms with Crippen LogP contribution in [0.15, 0.2) is 23.4 Å². The van der Waals surface area contributed by atoms with E-state index < -0.39 is 15.6 Å². The van der Waals surface area contributed by atoms with Gasteiger partial charge in [0.1, 0.15) is 4.90 Å². The highest BCUT2D eigenvalue weighted by molar-refractivity contribution is 7.89. The Labute approximate surface area is 107 Å². The van der Waals surface area contributed by atoms with Crippen molar-refractivity contribution in [3.05, 3.63) is 18.5 Å². The molecule has 2 rings (SSSR count). The third kappa shape index (κ3) is 2.63. The summed E-state index contributed by atoms with van der Waals surface area (Å²) in [7, 11) is -1.92. The summed E-state index contributed by atoms with van der Waals surface area (Å²) in [4.78, 5) is 4.02. The van der Waals surface area contributed by atoms with Crippen molar-refractivity contribution in [1.82, 2.24) is 9.71 Å². The van der Waals surface area contributed by atoms with Crippen LogP contribution >= 0.6 is 0 Å². The zero-order valence-corrected chi connectivity index (χ0v) is 11.3. The monoisotopic (exact) mass is 271 g/mol. The molecule has 0 radical (unpaired) electrons. The fourth-order valence-electron chi connectivity index (χ4n) is 1.93. The third-order valence-electron chi connectivity index (χ3n) is 2.94. The number of hydrogen-bond acceptors (Lipinski definition) is 5. The third-order valence-corrected chi connectivity index (χ3v) is 4.61. The first-order valence-corrected chi connectivity index (χ1v) is 7.19. The van der Waals surface area contributed by atoms with Crippen molar-refractivity contribution in [2.75, 3.05) is 25.6 Å². The summed E-state index contributed by atoms with van der Waals surface area (Å²) >= 11 is 0. The van der Waals surface area contributed by atoms with Crippen LogP contribution in [0.4, 0.5) is 5.69 Å². The first-order valence-electron chi connectivity index (χ1n) is 5.70. The highest BCUT2D eigenvalue weighted by Gasteiger charge is 2.35. The molecule has 2 N–H and O–H groups in total. The summed E-state index contributed by atoms with van der Waals surface area (Å²) < 4.78 is 32.6. The summed E-state index contributed by atoms with van der Waals surface area (Å²) in [6.45, 7) is 2.80. The maximum Gasteiger partial charge on any atom is 0.244 e. The molecule has 1 unspecified atom stereocenters. The molecular formula is C11H17N3O3S. The van der Waals surface area contributed by atoms with Crippen molar-refractivity contribution in [1.29, 1.82) is 0 Å². The van der Waals surface area contributed by atoms with E-state index in [1.165, 1.54) is 6.20 Å². The van der Waals surface area contributed by atoms with Gasteiger partial charge in [-0.15, -0.1) is 0 Å². The van der Waals surface area contributed by atoms with Gasteiger partial charge in [-0.2, -0.15) is 0 Å². The van der Waals surface area contributed by atoms with Crippen LogP contribution in [-0.2, 0) is 14.8 Å². The second kappa shape index (κ2) is 4.83. The Balaban J connectivity index is 2.30. The van der Waals surface area contributed by atoms with Crippen molar-refractivity contribution in [2.45, 2.75) is 23.8 Å². The lowest BCUT2D eigenvalue weighted by molar-refractivity contribution is 0.178. The molecule has 6 nitrogen and oxygen atoms in total. The topological polar surface area (TPSA) is 80.3 Å². The quantitative estimate of drug-likeness (QED) is 0.837. The zero-order valence-electron chi connectivity index (χ0n) is 10.4. The van der Waals surface area contributed by atoms with Gasteiger partial charge in [-0.05, 0) is 19.4 Å². The van der Waals surface area contributed by atoms with Gasteiger partial charge in [0.05, 0.1) is 17.8 Å². The molecule has 2 heterocycles. The molecule has 0 bridgehead atoms. The van der Waals surface area contributed by atoms with Crippen molar-refractivity contribution in [2.24, 2.45) is 0 Å². The lowest BCUT2D eigenvalue weighted by Gasteiger charge is -2.23. The van der Waals surface area contributed by atoms with Gasteiger partial charge in [0.25, 0.3) is 0 Å². The second-order valence-corrected chi connectivity index (χ2v) is 6.24. The van der Waals surface area contributed by atoms with E-state index in [-0.39, 0.29) is 4.90 Å².